The second-order valence-electron chi connectivity index (χ2n) is 12.1. The van der Waals surface area contributed by atoms with Crippen LogP contribution in [0.1, 0.15) is 88.2 Å². The van der Waals surface area contributed by atoms with Gasteiger partial charge in [-0.1, -0.05) is 57.6 Å². The number of nitrogens with zero attached hydrogens (tertiary/aromatic N) is 2. The lowest BCUT2D eigenvalue weighted by Gasteiger charge is -2.28. The van der Waals surface area contributed by atoms with Gasteiger partial charge < -0.3 is 4.74 Å². The molecule has 5 rings (SSSR count). The molecule has 3 aromatic carbocycles. The average molecular weight is 663 g/mol. The van der Waals surface area contributed by atoms with Gasteiger partial charge in [-0.3, -0.25) is 0 Å². The highest BCUT2D eigenvalue weighted by molar-refractivity contribution is 5.69. The summed E-state index contributed by atoms with van der Waals surface area (Å²) in [6.45, 7) is 2.22. The Morgan fingerprint density at radius 3 is 1.89 bits per heavy atom. The standard InChI is InChI=1S/C36H34F8N2O/c1-2-3-4-5-6-7-21-8-10-22(11-9-21)25-19-45-35(46-20-25)23-12-13-27(28(37)14-23)24-15-29(38)33(30(39)16-24)36(43,44)47-26-17-31(40)34(42)32(41)18-26/h12-22H,2-11H2,1H3. The fourth-order valence-electron chi connectivity index (χ4n) is 6.20. The molecule has 3 nitrogen and oxygen atoms in total. The predicted octanol–water partition coefficient (Wildman–Crippen LogP) is 11.4. The number of ether oxygens (including phenoxy) is 1. The van der Waals surface area contributed by atoms with Gasteiger partial charge in [0.15, 0.2) is 23.3 Å². The molecule has 0 amide bonds. The second-order valence-corrected chi connectivity index (χ2v) is 12.1. The maximum atomic E-state index is 15.2. The Labute approximate surface area is 268 Å². The fourth-order valence-corrected chi connectivity index (χ4v) is 6.20. The Morgan fingerprint density at radius 1 is 0.702 bits per heavy atom. The molecule has 0 N–H and O–H groups in total. The minimum Gasteiger partial charge on any atom is -0.429 e. The van der Waals surface area contributed by atoms with Crippen molar-refractivity contribution in [2.45, 2.75) is 83.2 Å². The quantitative estimate of drug-likeness (QED) is 0.0860. The van der Waals surface area contributed by atoms with Gasteiger partial charge in [0.2, 0.25) is 0 Å². The molecule has 0 unspecified atom stereocenters. The number of hydrogen-bond acceptors (Lipinski definition) is 3. The summed E-state index contributed by atoms with van der Waals surface area (Å²) in [4.78, 5) is 8.84. The zero-order chi connectivity index (χ0) is 33.7. The summed E-state index contributed by atoms with van der Waals surface area (Å²) in [5.41, 5.74) is -1.23. The minimum atomic E-state index is -4.76. The van der Waals surface area contributed by atoms with Crippen molar-refractivity contribution < 1.29 is 39.9 Å². The minimum absolute atomic E-state index is 0.104. The van der Waals surface area contributed by atoms with Gasteiger partial charge in [-0.25, -0.2) is 36.3 Å². The number of benzene rings is 3. The molecular formula is C36H34F8N2O. The average Bonchev–Trinajstić information content (AvgIpc) is 3.03. The van der Waals surface area contributed by atoms with Crippen LogP contribution in [-0.2, 0) is 6.11 Å². The van der Waals surface area contributed by atoms with E-state index in [9.17, 15) is 30.7 Å². The van der Waals surface area contributed by atoms with E-state index >= 15 is 4.39 Å². The Bertz CT molecular complexity index is 1640. The van der Waals surface area contributed by atoms with Crippen molar-refractivity contribution in [2.24, 2.45) is 5.92 Å². The predicted molar refractivity (Wildman–Crippen MR) is 162 cm³/mol. The van der Waals surface area contributed by atoms with Gasteiger partial charge in [0.25, 0.3) is 0 Å². The monoisotopic (exact) mass is 662 g/mol. The number of hydrogen-bond donors (Lipinski definition) is 0. The van der Waals surface area contributed by atoms with E-state index in [1.807, 2.05) is 0 Å². The Balaban J connectivity index is 1.25. The van der Waals surface area contributed by atoms with Gasteiger partial charge in [-0.2, -0.15) is 8.78 Å². The lowest BCUT2D eigenvalue weighted by molar-refractivity contribution is -0.189. The number of rotatable bonds is 12. The lowest BCUT2D eigenvalue weighted by atomic mass is 9.77. The highest BCUT2D eigenvalue weighted by Gasteiger charge is 2.41. The third-order valence-corrected chi connectivity index (χ3v) is 8.78. The fraction of sp³-hybridized carbons (Fsp3) is 0.389. The molecule has 1 fully saturated rings. The molecule has 4 aromatic rings. The van der Waals surface area contributed by atoms with E-state index in [-0.39, 0.29) is 23.5 Å². The number of alkyl halides is 2. The van der Waals surface area contributed by atoms with Crippen molar-refractivity contribution >= 4 is 0 Å². The van der Waals surface area contributed by atoms with Gasteiger partial charge >= 0.3 is 6.11 Å². The van der Waals surface area contributed by atoms with Gasteiger partial charge in [-0.05, 0) is 66.8 Å². The van der Waals surface area contributed by atoms with E-state index in [1.54, 1.807) is 12.4 Å². The summed E-state index contributed by atoms with van der Waals surface area (Å²) >= 11 is 0. The van der Waals surface area contributed by atoms with Crippen LogP contribution in [0.25, 0.3) is 22.5 Å². The van der Waals surface area contributed by atoms with Crippen LogP contribution in [0.2, 0.25) is 0 Å². The van der Waals surface area contributed by atoms with E-state index in [4.69, 9.17) is 0 Å². The van der Waals surface area contributed by atoms with Crippen LogP contribution in [0.3, 0.4) is 0 Å². The van der Waals surface area contributed by atoms with Crippen molar-refractivity contribution in [3.8, 4) is 28.3 Å². The first-order valence-electron chi connectivity index (χ1n) is 15.8. The zero-order valence-corrected chi connectivity index (χ0v) is 25.7. The number of halogens is 8. The van der Waals surface area contributed by atoms with Crippen molar-refractivity contribution in [3.05, 3.63) is 101 Å². The van der Waals surface area contributed by atoms with Crippen LogP contribution in [0.15, 0.2) is 54.9 Å². The lowest BCUT2D eigenvalue weighted by Crippen LogP contribution is -2.25. The summed E-state index contributed by atoms with van der Waals surface area (Å²) < 4.78 is 118. The molecule has 1 saturated carbocycles. The first-order chi connectivity index (χ1) is 22.5. The van der Waals surface area contributed by atoms with Crippen molar-refractivity contribution in [1.29, 1.82) is 0 Å². The Kier molecular flexibility index (Phi) is 10.8. The van der Waals surface area contributed by atoms with E-state index in [1.165, 1.54) is 63.5 Å². The van der Waals surface area contributed by atoms with Crippen LogP contribution in [0.5, 0.6) is 5.75 Å². The summed E-state index contributed by atoms with van der Waals surface area (Å²) in [6.07, 6.45) is 10.9. The summed E-state index contributed by atoms with van der Waals surface area (Å²) in [6, 6.07) is 4.91. The molecule has 47 heavy (non-hydrogen) atoms. The van der Waals surface area contributed by atoms with E-state index in [0.29, 0.717) is 23.6 Å². The van der Waals surface area contributed by atoms with Gasteiger partial charge in [0.1, 0.15) is 28.8 Å². The molecule has 250 valence electrons. The second kappa shape index (κ2) is 14.8. The van der Waals surface area contributed by atoms with Crippen LogP contribution in [0.4, 0.5) is 35.1 Å². The van der Waals surface area contributed by atoms with Crippen molar-refractivity contribution in [2.75, 3.05) is 0 Å². The first kappa shape index (κ1) is 34.3. The third kappa shape index (κ3) is 8.11. The maximum Gasteiger partial charge on any atom is 0.432 e. The molecule has 1 aromatic heterocycles. The molecule has 0 bridgehead atoms. The normalized spacial score (nSPS) is 16.8. The molecule has 11 heteroatoms. The highest BCUT2D eigenvalue weighted by atomic mass is 19.3. The van der Waals surface area contributed by atoms with Crippen LogP contribution >= 0.6 is 0 Å². The third-order valence-electron chi connectivity index (χ3n) is 8.78. The SMILES string of the molecule is CCCCCCCC1CCC(c2cnc(-c3ccc(-c4cc(F)c(C(F)(F)Oc5cc(F)c(F)c(F)c5)c(F)c4)c(F)c3)nc2)CC1. The van der Waals surface area contributed by atoms with E-state index in [2.05, 4.69) is 21.6 Å². The largest absolute Gasteiger partial charge is 0.432 e. The van der Waals surface area contributed by atoms with Gasteiger partial charge in [-0.15, -0.1) is 0 Å². The molecule has 1 heterocycles. The van der Waals surface area contributed by atoms with Crippen LogP contribution in [0, 0.1) is 40.8 Å². The topological polar surface area (TPSA) is 35.0 Å². The zero-order valence-electron chi connectivity index (χ0n) is 25.7. The van der Waals surface area contributed by atoms with Crippen LogP contribution in [-0.4, -0.2) is 9.97 Å². The summed E-state index contributed by atoms with van der Waals surface area (Å²) in [5.74, 6) is -9.97. The molecule has 0 spiro atoms. The van der Waals surface area contributed by atoms with Crippen LogP contribution < -0.4 is 4.74 Å². The van der Waals surface area contributed by atoms with Gasteiger partial charge in [0.05, 0.1) is 0 Å². The molecule has 1 aliphatic carbocycles. The van der Waals surface area contributed by atoms with E-state index < -0.39 is 57.9 Å². The first-order valence-corrected chi connectivity index (χ1v) is 15.8. The smallest absolute Gasteiger partial charge is 0.429 e. The molecule has 0 saturated heterocycles. The Morgan fingerprint density at radius 2 is 1.30 bits per heavy atom. The molecule has 1 aliphatic rings. The highest BCUT2D eigenvalue weighted by Crippen LogP contribution is 2.40. The summed E-state index contributed by atoms with van der Waals surface area (Å²) in [5, 5.41) is 0. The Hall–Kier alpha value is -4.02. The molecule has 0 radical (unpaired) electrons. The van der Waals surface area contributed by atoms with Crippen molar-refractivity contribution in [1.82, 2.24) is 9.97 Å². The van der Waals surface area contributed by atoms with E-state index in [0.717, 1.165) is 30.4 Å². The van der Waals surface area contributed by atoms with Gasteiger partial charge in [0, 0.05) is 35.7 Å². The summed E-state index contributed by atoms with van der Waals surface area (Å²) in [7, 11) is 0. The molecular weight excluding hydrogens is 628 g/mol. The molecule has 0 atom stereocenters. The van der Waals surface area contributed by atoms with Crippen molar-refractivity contribution in [3.63, 3.8) is 0 Å². The molecule has 0 aliphatic heterocycles. The number of unbranched alkanes of at least 4 members (excludes halogenated alkanes) is 4. The maximum absolute atomic E-state index is 15.2. The number of aromatic nitrogens is 2.